The van der Waals surface area contributed by atoms with E-state index < -0.39 is 0 Å². The first kappa shape index (κ1) is 18.1. The molecular formula is C19H26N2O3. The van der Waals surface area contributed by atoms with Gasteiger partial charge in [0, 0.05) is 6.54 Å². The highest BCUT2D eigenvalue weighted by atomic mass is 16.5. The number of nitrogens with one attached hydrogen (secondary N) is 1. The summed E-state index contributed by atoms with van der Waals surface area (Å²) in [6.07, 6.45) is 1.64. The van der Waals surface area contributed by atoms with Crippen molar-refractivity contribution in [3.63, 3.8) is 0 Å². The Bertz CT molecular complexity index is 619. The van der Waals surface area contributed by atoms with Crippen LogP contribution >= 0.6 is 0 Å². The first-order chi connectivity index (χ1) is 11.5. The standard InChI is InChI=1S/C19H26N2O3/c1-14(2)15-7-9-16(10-8-15)24-13-19(22)20-12-17(21(3)4)18-6-5-11-23-18/h5-11,14,17H,12-13H2,1-4H3,(H,20,22)/t17-/m1/s1. The Morgan fingerprint density at radius 2 is 1.92 bits per heavy atom. The largest absolute Gasteiger partial charge is 0.484 e. The summed E-state index contributed by atoms with van der Waals surface area (Å²) in [5.74, 6) is 1.85. The average Bonchev–Trinajstić information content (AvgIpc) is 3.07. The SMILES string of the molecule is CC(C)c1ccc(OCC(=O)NC[C@H](c2ccco2)N(C)C)cc1. The van der Waals surface area contributed by atoms with E-state index in [0.717, 1.165) is 5.76 Å². The molecule has 1 atom stereocenters. The fourth-order valence-corrected chi connectivity index (χ4v) is 2.38. The molecule has 0 saturated heterocycles. The molecule has 0 fully saturated rings. The highest BCUT2D eigenvalue weighted by molar-refractivity contribution is 5.77. The van der Waals surface area contributed by atoms with Gasteiger partial charge in [-0.2, -0.15) is 0 Å². The molecule has 0 aliphatic rings. The van der Waals surface area contributed by atoms with E-state index in [9.17, 15) is 4.79 Å². The van der Waals surface area contributed by atoms with Crippen LogP contribution in [0, 0.1) is 0 Å². The molecule has 130 valence electrons. The van der Waals surface area contributed by atoms with Crippen LogP contribution in [-0.4, -0.2) is 38.1 Å². The number of carbonyl (C=O) groups excluding carboxylic acids is 1. The molecule has 1 N–H and O–H groups in total. The summed E-state index contributed by atoms with van der Waals surface area (Å²) in [6.45, 7) is 4.75. The summed E-state index contributed by atoms with van der Waals surface area (Å²) < 4.78 is 11.0. The average molecular weight is 330 g/mol. The Hall–Kier alpha value is -2.27. The van der Waals surface area contributed by atoms with Gasteiger partial charge < -0.3 is 14.5 Å². The Morgan fingerprint density at radius 3 is 2.46 bits per heavy atom. The smallest absolute Gasteiger partial charge is 0.258 e. The second-order valence-electron chi connectivity index (χ2n) is 6.31. The number of ether oxygens (including phenoxy) is 1. The molecule has 2 aromatic rings. The highest BCUT2D eigenvalue weighted by Crippen LogP contribution is 2.19. The lowest BCUT2D eigenvalue weighted by Crippen LogP contribution is -2.36. The van der Waals surface area contributed by atoms with E-state index >= 15 is 0 Å². The van der Waals surface area contributed by atoms with Gasteiger partial charge in [0.1, 0.15) is 11.5 Å². The molecule has 0 radical (unpaired) electrons. The molecule has 5 nitrogen and oxygen atoms in total. The van der Waals surface area contributed by atoms with E-state index in [1.807, 2.05) is 55.4 Å². The van der Waals surface area contributed by atoms with Gasteiger partial charge in [-0.15, -0.1) is 0 Å². The van der Waals surface area contributed by atoms with E-state index in [4.69, 9.17) is 9.15 Å². The van der Waals surface area contributed by atoms with Crippen LogP contribution in [0.2, 0.25) is 0 Å². The van der Waals surface area contributed by atoms with Gasteiger partial charge in [0.15, 0.2) is 6.61 Å². The summed E-state index contributed by atoms with van der Waals surface area (Å²) in [5.41, 5.74) is 1.25. The van der Waals surface area contributed by atoms with E-state index in [2.05, 4.69) is 19.2 Å². The molecule has 0 aliphatic heterocycles. The van der Waals surface area contributed by atoms with Crippen LogP contribution in [0.1, 0.15) is 37.1 Å². The molecule has 5 heteroatoms. The maximum atomic E-state index is 12.0. The van der Waals surface area contributed by atoms with Gasteiger partial charge >= 0.3 is 0 Å². The fraction of sp³-hybridized carbons (Fsp3) is 0.421. The Labute approximate surface area is 143 Å². The van der Waals surface area contributed by atoms with Gasteiger partial charge in [-0.1, -0.05) is 26.0 Å². The Kier molecular flexibility index (Phi) is 6.44. The maximum Gasteiger partial charge on any atom is 0.258 e. The van der Waals surface area contributed by atoms with Crippen molar-refractivity contribution in [2.24, 2.45) is 0 Å². The molecule has 0 aliphatic carbocycles. The minimum atomic E-state index is -0.152. The molecular weight excluding hydrogens is 304 g/mol. The third-order valence-corrected chi connectivity index (χ3v) is 3.90. The summed E-state index contributed by atoms with van der Waals surface area (Å²) >= 11 is 0. The lowest BCUT2D eigenvalue weighted by atomic mass is 10.0. The first-order valence-electron chi connectivity index (χ1n) is 8.16. The van der Waals surface area contributed by atoms with Crippen molar-refractivity contribution in [2.75, 3.05) is 27.2 Å². The van der Waals surface area contributed by atoms with Crippen molar-refractivity contribution < 1.29 is 13.9 Å². The zero-order chi connectivity index (χ0) is 17.5. The van der Waals surface area contributed by atoms with Gasteiger partial charge in [-0.05, 0) is 49.8 Å². The van der Waals surface area contributed by atoms with Gasteiger partial charge in [0.2, 0.25) is 0 Å². The maximum absolute atomic E-state index is 12.0. The molecule has 1 aromatic heterocycles. The second-order valence-corrected chi connectivity index (χ2v) is 6.31. The van der Waals surface area contributed by atoms with Crippen LogP contribution in [-0.2, 0) is 4.79 Å². The quantitative estimate of drug-likeness (QED) is 0.807. The van der Waals surface area contributed by atoms with Crippen LogP contribution in [0.5, 0.6) is 5.75 Å². The van der Waals surface area contributed by atoms with Gasteiger partial charge in [0.05, 0.1) is 12.3 Å². The number of hydrogen-bond donors (Lipinski definition) is 1. The molecule has 0 bridgehead atoms. The number of amides is 1. The molecule has 0 unspecified atom stereocenters. The number of hydrogen-bond acceptors (Lipinski definition) is 4. The lowest BCUT2D eigenvalue weighted by molar-refractivity contribution is -0.123. The van der Waals surface area contributed by atoms with Gasteiger partial charge in [-0.25, -0.2) is 0 Å². The molecule has 1 aromatic carbocycles. The minimum Gasteiger partial charge on any atom is -0.484 e. The summed E-state index contributed by atoms with van der Waals surface area (Å²) in [6, 6.07) is 11.6. The number of benzene rings is 1. The van der Waals surface area contributed by atoms with Crippen LogP contribution in [0.25, 0.3) is 0 Å². The number of furan rings is 1. The number of nitrogens with zero attached hydrogens (tertiary/aromatic N) is 1. The van der Waals surface area contributed by atoms with Crippen molar-refractivity contribution in [2.45, 2.75) is 25.8 Å². The number of likely N-dealkylation sites (N-methyl/N-ethyl adjacent to an activating group) is 1. The van der Waals surface area contributed by atoms with E-state index in [-0.39, 0.29) is 18.6 Å². The van der Waals surface area contributed by atoms with Crippen LogP contribution < -0.4 is 10.1 Å². The summed E-state index contributed by atoms with van der Waals surface area (Å²) in [7, 11) is 3.90. The number of carbonyl (C=O) groups is 1. The fourth-order valence-electron chi connectivity index (χ4n) is 2.38. The zero-order valence-corrected chi connectivity index (χ0v) is 14.8. The molecule has 24 heavy (non-hydrogen) atoms. The summed E-state index contributed by atoms with van der Waals surface area (Å²) in [4.78, 5) is 14.0. The third-order valence-electron chi connectivity index (χ3n) is 3.90. The molecule has 0 saturated carbocycles. The Balaban J connectivity index is 1.80. The second kappa shape index (κ2) is 8.55. The van der Waals surface area contributed by atoms with E-state index in [1.165, 1.54) is 5.56 Å². The highest BCUT2D eigenvalue weighted by Gasteiger charge is 2.17. The number of rotatable bonds is 8. The van der Waals surface area contributed by atoms with Gasteiger partial charge in [0.25, 0.3) is 5.91 Å². The van der Waals surface area contributed by atoms with E-state index in [0.29, 0.717) is 18.2 Å². The van der Waals surface area contributed by atoms with Crippen molar-refractivity contribution >= 4 is 5.91 Å². The molecule has 0 spiro atoms. The van der Waals surface area contributed by atoms with Crippen molar-refractivity contribution in [3.8, 4) is 5.75 Å². The first-order valence-corrected chi connectivity index (χ1v) is 8.16. The topological polar surface area (TPSA) is 54.7 Å². The molecule has 1 amide bonds. The monoisotopic (exact) mass is 330 g/mol. The molecule has 2 rings (SSSR count). The molecule has 1 heterocycles. The van der Waals surface area contributed by atoms with Crippen LogP contribution in [0.15, 0.2) is 47.1 Å². The van der Waals surface area contributed by atoms with Crippen molar-refractivity contribution in [3.05, 3.63) is 54.0 Å². The van der Waals surface area contributed by atoms with Crippen molar-refractivity contribution in [1.29, 1.82) is 0 Å². The van der Waals surface area contributed by atoms with Crippen molar-refractivity contribution in [1.82, 2.24) is 10.2 Å². The summed E-state index contributed by atoms with van der Waals surface area (Å²) in [5, 5.41) is 2.89. The third kappa shape index (κ3) is 5.13. The van der Waals surface area contributed by atoms with Crippen LogP contribution in [0.3, 0.4) is 0 Å². The Morgan fingerprint density at radius 1 is 1.21 bits per heavy atom. The lowest BCUT2D eigenvalue weighted by Gasteiger charge is -2.22. The minimum absolute atomic E-state index is 0.000666. The zero-order valence-electron chi connectivity index (χ0n) is 14.8. The normalized spacial score (nSPS) is 12.4. The predicted molar refractivity (Wildman–Crippen MR) is 94.2 cm³/mol. The predicted octanol–water partition coefficient (Wildman–Crippen LogP) is 3.20. The van der Waals surface area contributed by atoms with E-state index in [1.54, 1.807) is 6.26 Å². The van der Waals surface area contributed by atoms with Crippen LogP contribution in [0.4, 0.5) is 0 Å². The van der Waals surface area contributed by atoms with Gasteiger partial charge in [-0.3, -0.25) is 9.69 Å².